The van der Waals surface area contributed by atoms with Crippen molar-refractivity contribution in [3.05, 3.63) is 29.5 Å². The van der Waals surface area contributed by atoms with E-state index in [1.54, 1.807) is 14.2 Å². The molecule has 0 saturated heterocycles. The van der Waals surface area contributed by atoms with E-state index in [1.165, 1.54) is 0 Å². The Bertz CT molecular complexity index is 697. The Labute approximate surface area is 144 Å². The van der Waals surface area contributed by atoms with Crippen LogP contribution in [0.15, 0.2) is 18.2 Å². The van der Waals surface area contributed by atoms with Gasteiger partial charge in [-0.15, -0.1) is 0 Å². The zero-order chi connectivity index (χ0) is 17.7. The fourth-order valence-corrected chi connectivity index (χ4v) is 2.78. The third-order valence-electron chi connectivity index (χ3n) is 4.25. The van der Waals surface area contributed by atoms with Gasteiger partial charge in [-0.3, -0.25) is 0 Å². The maximum absolute atomic E-state index is 5.51. The maximum Gasteiger partial charge on any atom is 0.257 e. The lowest BCUT2D eigenvalue weighted by molar-refractivity contribution is 0.396. The molecule has 1 aromatic heterocycles. The van der Waals surface area contributed by atoms with E-state index in [0.717, 1.165) is 41.1 Å². The number of aryl methyl sites for hydroxylation is 2. The molecule has 0 amide bonds. The zero-order valence-electron chi connectivity index (χ0n) is 15.4. The summed E-state index contributed by atoms with van der Waals surface area (Å²) in [6, 6.07) is 6.31. The van der Waals surface area contributed by atoms with E-state index in [1.807, 2.05) is 32.0 Å². The minimum atomic E-state index is 0.353. The molecule has 0 spiro atoms. The summed E-state index contributed by atoms with van der Waals surface area (Å²) in [4.78, 5) is 9.44. The first-order chi connectivity index (χ1) is 11.5. The van der Waals surface area contributed by atoms with E-state index >= 15 is 0 Å². The van der Waals surface area contributed by atoms with E-state index in [0.29, 0.717) is 17.7 Å². The minimum absolute atomic E-state index is 0.353. The molecule has 1 aromatic carbocycles. The standard InChI is InChI=1S/C19H27N3O2/c1-7-14(8-2)21-18-19(24-6)22-17(13(4)20-18)16-12(3)10-9-11-15(16)23-5/h9-11,14H,7-8H2,1-6H3,(H,20,21). The van der Waals surface area contributed by atoms with Crippen LogP contribution < -0.4 is 14.8 Å². The average Bonchev–Trinajstić information content (AvgIpc) is 2.60. The summed E-state index contributed by atoms with van der Waals surface area (Å²) >= 11 is 0. The van der Waals surface area contributed by atoms with Gasteiger partial charge in [0.05, 0.1) is 25.6 Å². The largest absolute Gasteiger partial charge is 0.496 e. The van der Waals surface area contributed by atoms with Crippen LogP contribution in [0.2, 0.25) is 0 Å². The van der Waals surface area contributed by atoms with Gasteiger partial charge in [0.1, 0.15) is 5.75 Å². The highest BCUT2D eigenvalue weighted by Gasteiger charge is 2.19. The molecule has 0 saturated carbocycles. The highest BCUT2D eigenvalue weighted by atomic mass is 16.5. The molecular formula is C19H27N3O2. The topological polar surface area (TPSA) is 56.3 Å². The number of hydrogen-bond acceptors (Lipinski definition) is 5. The normalized spacial score (nSPS) is 10.8. The first-order valence-electron chi connectivity index (χ1n) is 8.38. The molecule has 0 unspecified atom stereocenters. The molecule has 2 aromatic rings. The molecule has 0 aliphatic carbocycles. The predicted octanol–water partition coefficient (Wildman–Crippen LogP) is 4.38. The Balaban J connectivity index is 2.55. The Hall–Kier alpha value is -2.30. The fourth-order valence-electron chi connectivity index (χ4n) is 2.78. The van der Waals surface area contributed by atoms with Crippen molar-refractivity contribution >= 4 is 5.82 Å². The fraction of sp³-hybridized carbons (Fsp3) is 0.474. The lowest BCUT2D eigenvalue weighted by Crippen LogP contribution is -2.19. The molecule has 5 heteroatoms. The van der Waals surface area contributed by atoms with Gasteiger partial charge in [0.25, 0.3) is 5.88 Å². The summed E-state index contributed by atoms with van der Waals surface area (Å²) in [7, 11) is 3.29. The second kappa shape index (κ2) is 7.99. The van der Waals surface area contributed by atoms with Gasteiger partial charge < -0.3 is 14.8 Å². The van der Waals surface area contributed by atoms with Crippen LogP contribution in [0, 0.1) is 13.8 Å². The van der Waals surface area contributed by atoms with Crippen molar-refractivity contribution in [2.75, 3.05) is 19.5 Å². The molecule has 0 bridgehead atoms. The summed E-state index contributed by atoms with van der Waals surface area (Å²) in [6.45, 7) is 8.31. The number of anilines is 1. The molecule has 0 fully saturated rings. The average molecular weight is 329 g/mol. The number of benzene rings is 1. The second-order valence-electron chi connectivity index (χ2n) is 5.83. The molecule has 0 aliphatic rings. The molecular weight excluding hydrogens is 302 g/mol. The SMILES string of the molecule is CCC(CC)Nc1nc(C)c(-c2c(C)cccc2OC)nc1OC. The number of nitrogens with one attached hydrogen (secondary N) is 1. The summed E-state index contributed by atoms with van der Waals surface area (Å²) in [5.74, 6) is 1.99. The smallest absolute Gasteiger partial charge is 0.257 e. The first kappa shape index (κ1) is 18.0. The Morgan fingerprint density at radius 1 is 1.04 bits per heavy atom. The molecule has 0 atom stereocenters. The maximum atomic E-state index is 5.51. The molecule has 1 heterocycles. The van der Waals surface area contributed by atoms with Gasteiger partial charge in [-0.25, -0.2) is 9.97 Å². The number of aromatic nitrogens is 2. The van der Waals surface area contributed by atoms with Gasteiger partial charge in [-0.2, -0.15) is 0 Å². The predicted molar refractivity (Wildman–Crippen MR) is 98.0 cm³/mol. The zero-order valence-corrected chi connectivity index (χ0v) is 15.4. The van der Waals surface area contributed by atoms with Crippen LogP contribution in [0.25, 0.3) is 11.3 Å². The molecule has 130 valence electrons. The molecule has 2 rings (SSSR count). The Kier molecular flexibility index (Phi) is 6.01. The molecule has 1 N–H and O–H groups in total. The summed E-state index contributed by atoms with van der Waals surface area (Å²) in [6.07, 6.45) is 2.04. The monoisotopic (exact) mass is 329 g/mol. The van der Waals surface area contributed by atoms with Crippen LogP contribution >= 0.6 is 0 Å². The van der Waals surface area contributed by atoms with Gasteiger partial charge in [-0.05, 0) is 38.3 Å². The van der Waals surface area contributed by atoms with Crippen LogP contribution in [0.1, 0.15) is 37.9 Å². The van der Waals surface area contributed by atoms with Crippen molar-refractivity contribution in [3.8, 4) is 22.9 Å². The van der Waals surface area contributed by atoms with Crippen LogP contribution in [0.3, 0.4) is 0 Å². The highest BCUT2D eigenvalue weighted by Crippen LogP contribution is 2.36. The van der Waals surface area contributed by atoms with Crippen LogP contribution in [-0.2, 0) is 0 Å². The van der Waals surface area contributed by atoms with Gasteiger partial charge in [0.2, 0.25) is 0 Å². The summed E-state index contributed by atoms with van der Waals surface area (Å²) in [5, 5.41) is 3.43. The van der Waals surface area contributed by atoms with E-state index in [-0.39, 0.29) is 0 Å². The molecule has 5 nitrogen and oxygen atoms in total. The van der Waals surface area contributed by atoms with Crippen molar-refractivity contribution < 1.29 is 9.47 Å². The number of rotatable bonds is 7. The first-order valence-corrected chi connectivity index (χ1v) is 8.38. The van der Waals surface area contributed by atoms with E-state index in [2.05, 4.69) is 19.2 Å². The third kappa shape index (κ3) is 3.61. The van der Waals surface area contributed by atoms with Gasteiger partial charge >= 0.3 is 0 Å². The van der Waals surface area contributed by atoms with Crippen molar-refractivity contribution in [1.29, 1.82) is 0 Å². The van der Waals surface area contributed by atoms with Gasteiger partial charge in [0.15, 0.2) is 5.82 Å². The highest BCUT2D eigenvalue weighted by molar-refractivity contribution is 5.74. The quantitative estimate of drug-likeness (QED) is 0.817. The Morgan fingerprint density at radius 3 is 2.33 bits per heavy atom. The molecule has 0 radical (unpaired) electrons. The number of methoxy groups -OCH3 is 2. The molecule has 24 heavy (non-hydrogen) atoms. The van der Waals surface area contributed by atoms with Crippen molar-refractivity contribution in [3.63, 3.8) is 0 Å². The number of nitrogens with zero attached hydrogens (tertiary/aromatic N) is 2. The number of ether oxygens (including phenoxy) is 2. The van der Waals surface area contributed by atoms with Crippen LogP contribution in [0.5, 0.6) is 11.6 Å². The number of hydrogen-bond donors (Lipinski definition) is 1. The Morgan fingerprint density at radius 2 is 1.75 bits per heavy atom. The van der Waals surface area contributed by atoms with Crippen molar-refractivity contribution in [2.24, 2.45) is 0 Å². The second-order valence-corrected chi connectivity index (χ2v) is 5.83. The van der Waals surface area contributed by atoms with Crippen molar-refractivity contribution in [2.45, 2.75) is 46.6 Å². The lowest BCUT2D eigenvalue weighted by atomic mass is 10.0. The van der Waals surface area contributed by atoms with Crippen molar-refractivity contribution in [1.82, 2.24) is 9.97 Å². The van der Waals surface area contributed by atoms with E-state index in [9.17, 15) is 0 Å². The van der Waals surface area contributed by atoms with Crippen LogP contribution in [-0.4, -0.2) is 30.2 Å². The van der Waals surface area contributed by atoms with Crippen LogP contribution in [0.4, 0.5) is 5.82 Å². The lowest BCUT2D eigenvalue weighted by Gasteiger charge is -2.19. The van der Waals surface area contributed by atoms with E-state index in [4.69, 9.17) is 19.4 Å². The summed E-state index contributed by atoms with van der Waals surface area (Å²) < 4.78 is 11.0. The van der Waals surface area contributed by atoms with Gasteiger partial charge in [-0.1, -0.05) is 26.0 Å². The third-order valence-corrected chi connectivity index (χ3v) is 4.25. The minimum Gasteiger partial charge on any atom is -0.496 e. The molecule has 0 aliphatic heterocycles. The van der Waals surface area contributed by atoms with Gasteiger partial charge in [0, 0.05) is 11.6 Å². The van der Waals surface area contributed by atoms with E-state index < -0.39 is 0 Å². The summed E-state index contributed by atoms with van der Waals surface area (Å²) in [5.41, 5.74) is 3.68.